The Morgan fingerprint density at radius 1 is 1.00 bits per heavy atom. The van der Waals surface area contributed by atoms with E-state index in [4.69, 9.17) is 28.4 Å². The van der Waals surface area contributed by atoms with Crippen LogP contribution in [0, 0.1) is 23.7 Å². The number of nitrogens with one attached hydrogen (secondary N) is 2. The number of hydrogen-bond donors (Lipinski definition) is 3. The van der Waals surface area contributed by atoms with Crippen LogP contribution in [0.15, 0.2) is 48.7 Å². The van der Waals surface area contributed by atoms with Gasteiger partial charge in [-0.15, -0.1) is 0 Å². The number of aromatic nitrogens is 2. The predicted octanol–water partition coefficient (Wildman–Crippen LogP) is 6.01. The fourth-order valence-corrected chi connectivity index (χ4v) is 9.91. The maximum atomic E-state index is 14.7. The molecule has 0 saturated carbocycles. The lowest BCUT2D eigenvalue weighted by Gasteiger charge is -2.48. The zero-order chi connectivity index (χ0) is 49.4. The molecule has 4 heterocycles. The van der Waals surface area contributed by atoms with Crippen molar-refractivity contribution in [2.45, 2.75) is 149 Å². The summed E-state index contributed by atoms with van der Waals surface area (Å²) in [6.45, 7) is 17.8. The van der Waals surface area contributed by atoms with E-state index in [2.05, 4.69) is 20.8 Å². The van der Waals surface area contributed by atoms with E-state index in [1.165, 1.54) is 4.90 Å². The van der Waals surface area contributed by atoms with Crippen LogP contribution in [-0.2, 0) is 38.0 Å². The lowest BCUT2D eigenvalue weighted by Crippen LogP contribution is -2.61. The number of amides is 3. The molecule has 14 atom stereocenters. The Kier molecular flexibility index (Phi) is 17.9. The lowest BCUT2D eigenvalue weighted by atomic mass is 9.73. The number of rotatable bonds is 12. The topological polar surface area (TPSA) is 217 Å². The van der Waals surface area contributed by atoms with Crippen LogP contribution in [0.1, 0.15) is 94.1 Å². The second kappa shape index (κ2) is 22.8. The SMILES string of the molecule is CC[C@H]1OC(=O)[C@H](C)[C@@H](OC(=O)N(CC)CC)[C@H](C)[C@@H](O[C@@H]2O[C@H](C)C[C@H](N(C)C)[C@H]2O)[C@](C)(OC(=O)NC/C=C/c2ccc(-c3cccnn3)cc2)C[C@@H](C)C(=O)[C@H](C)[C@H]2NC(=O)O[C@@]21C. The molecule has 67 heavy (non-hydrogen) atoms. The van der Waals surface area contributed by atoms with E-state index < -0.39 is 102 Å². The molecule has 0 unspecified atom stereocenters. The van der Waals surface area contributed by atoms with Crippen molar-refractivity contribution < 1.29 is 57.5 Å². The second-order valence-electron chi connectivity index (χ2n) is 18.8. The molecule has 0 bridgehead atoms. The first kappa shape index (κ1) is 52.8. The summed E-state index contributed by atoms with van der Waals surface area (Å²) in [5, 5.41) is 25.5. The summed E-state index contributed by atoms with van der Waals surface area (Å²) in [4.78, 5) is 73.6. The van der Waals surface area contributed by atoms with Crippen molar-refractivity contribution in [1.29, 1.82) is 0 Å². The normalized spacial score (nSPS) is 34.0. The number of aliphatic hydroxyl groups excluding tert-OH is 1. The second-order valence-corrected chi connectivity index (χ2v) is 18.8. The molecule has 3 aliphatic rings. The first-order valence-electron chi connectivity index (χ1n) is 23.5. The van der Waals surface area contributed by atoms with Crippen molar-refractivity contribution in [1.82, 2.24) is 30.6 Å². The van der Waals surface area contributed by atoms with Crippen LogP contribution in [-0.4, -0.2) is 149 Å². The highest BCUT2D eigenvalue weighted by Crippen LogP contribution is 2.42. The van der Waals surface area contributed by atoms with Crippen LogP contribution >= 0.6 is 0 Å². The highest BCUT2D eigenvalue weighted by Gasteiger charge is 2.58. The van der Waals surface area contributed by atoms with Gasteiger partial charge >= 0.3 is 24.2 Å². The number of carbonyl (C=O) groups excluding carboxylic acids is 5. The fraction of sp³-hybridized carbons (Fsp3) is 0.653. The summed E-state index contributed by atoms with van der Waals surface area (Å²) < 4.78 is 38.0. The van der Waals surface area contributed by atoms with E-state index in [0.717, 1.165) is 16.8 Å². The summed E-state index contributed by atoms with van der Waals surface area (Å²) in [5.41, 5.74) is -0.730. The summed E-state index contributed by atoms with van der Waals surface area (Å²) >= 11 is 0. The van der Waals surface area contributed by atoms with E-state index in [1.54, 1.807) is 74.6 Å². The average molecular weight is 937 g/mol. The number of cyclic esters (lactones) is 1. The van der Waals surface area contributed by atoms with Gasteiger partial charge in [0.15, 0.2) is 11.9 Å². The van der Waals surface area contributed by atoms with E-state index in [9.17, 15) is 29.1 Å². The van der Waals surface area contributed by atoms with Gasteiger partial charge in [-0.2, -0.15) is 10.2 Å². The number of benzene rings is 1. The van der Waals surface area contributed by atoms with Crippen LogP contribution < -0.4 is 10.6 Å². The molecule has 3 aliphatic heterocycles. The maximum absolute atomic E-state index is 14.7. The number of hydrogen-bond acceptors (Lipinski definition) is 15. The average Bonchev–Trinajstić information content (AvgIpc) is 3.61. The van der Waals surface area contributed by atoms with E-state index >= 15 is 0 Å². The fourth-order valence-electron chi connectivity index (χ4n) is 9.91. The smallest absolute Gasteiger partial charge is 0.410 e. The van der Waals surface area contributed by atoms with Crippen LogP contribution in [0.4, 0.5) is 14.4 Å². The van der Waals surface area contributed by atoms with E-state index in [1.807, 2.05) is 68.4 Å². The summed E-state index contributed by atoms with van der Waals surface area (Å²) in [6, 6.07) is 10.0. The zero-order valence-corrected chi connectivity index (χ0v) is 41.1. The third-order valence-electron chi connectivity index (χ3n) is 13.7. The van der Waals surface area contributed by atoms with Crippen molar-refractivity contribution in [3.63, 3.8) is 0 Å². The molecule has 18 nitrogen and oxygen atoms in total. The molecule has 1 aromatic heterocycles. The van der Waals surface area contributed by atoms with Crippen molar-refractivity contribution in [3.8, 4) is 11.3 Å². The van der Waals surface area contributed by atoms with Gasteiger partial charge in [0.2, 0.25) is 0 Å². The quantitative estimate of drug-likeness (QED) is 0.164. The van der Waals surface area contributed by atoms with Gasteiger partial charge in [-0.05, 0) is 92.6 Å². The Morgan fingerprint density at radius 3 is 2.30 bits per heavy atom. The predicted molar refractivity (Wildman–Crippen MR) is 248 cm³/mol. The number of ketones is 1. The Balaban J connectivity index is 1.58. The number of esters is 1. The number of nitrogens with zero attached hydrogens (tertiary/aromatic N) is 4. The molecular formula is C49H72N6O12. The van der Waals surface area contributed by atoms with Crippen molar-refractivity contribution in [2.75, 3.05) is 33.7 Å². The molecule has 3 amide bonds. The molecule has 1 aromatic carbocycles. The minimum absolute atomic E-state index is 0.0471. The Hall–Kier alpha value is -5.17. The number of carbonyl (C=O) groups is 5. The monoisotopic (exact) mass is 937 g/mol. The van der Waals surface area contributed by atoms with Gasteiger partial charge in [-0.25, -0.2) is 14.4 Å². The molecule has 18 heteroatoms. The van der Waals surface area contributed by atoms with E-state index in [-0.39, 0.29) is 31.3 Å². The number of alkyl carbamates (subject to hydrolysis) is 2. The number of likely N-dealkylation sites (N-methyl/N-ethyl adjacent to an activating group) is 1. The zero-order valence-electron chi connectivity index (χ0n) is 41.1. The van der Waals surface area contributed by atoms with Gasteiger partial charge < -0.3 is 54.0 Å². The van der Waals surface area contributed by atoms with Crippen LogP contribution in [0.5, 0.6) is 0 Å². The van der Waals surface area contributed by atoms with Crippen molar-refractivity contribution >= 4 is 36.1 Å². The first-order chi connectivity index (χ1) is 31.7. The molecule has 3 N–H and O–H groups in total. The van der Waals surface area contributed by atoms with Gasteiger partial charge in [0.05, 0.1) is 23.8 Å². The third kappa shape index (κ3) is 12.3. The Bertz CT molecular complexity index is 2040. The van der Waals surface area contributed by atoms with Crippen molar-refractivity contribution in [3.05, 3.63) is 54.2 Å². The first-order valence-corrected chi connectivity index (χ1v) is 23.5. The summed E-state index contributed by atoms with van der Waals surface area (Å²) in [7, 11) is 3.68. The van der Waals surface area contributed by atoms with Gasteiger partial charge in [0, 0.05) is 55.2 Å². The van der Waals surface area contributed by atoms with Gasteiger partial charge in [-0.3, -0.25) is 9.59 Å². The standard InChI is InChI=1S/C49H72N6O12/c1-13-37-49(10)41(52-46(60)67-49)30(6)38(56)28(4)27-48(9,66-45(59)50-24-16-18-33-20-22-34(23-21-33)35-19-17-25-51-53-35)42(65-44-39(57)36(54(11)12)26-29(5)62-44)31(7)40(32(8)43(58)63-37)64-47(61)55(14-2)15-3/h16-23,25,28-32,36-37,39-42,44,57H,13-15,24,26-27H2,1-12H3,(H,50,59)(H,52,60)/b18-16+/t28-,29-,30+,31+,32-,36+,37-,39-,40+,41-,42-,44+,48-,49-/m1/s1. The van der Waals surface area contributed by atoms with Crippen molar-refractivity contribution in [2.24, 2.45) is 23.7 Å². The highest BCUT2D eigenvalue weighted by molar-refractivity contribution is 5.85. The molecule has 0 radical (unpaired) electrons. The molecule has 0 aliphatic carbocycles. The Labute approximate surface area is 394 Å². The molecule has 2 aromatic rings. The van der Waals surface area contributed by atoms with E-state index in [0.29, 0.717) is 19.5 Å². The maximum Gasteiger partial charge on any atom is 0.410 e. The van der Waals surface area contributed by atoms with Crippen LogP contribution in [0.2, 0.25) is 0 Å². The third-order valence-corrected chi connectivity index (χ3v) is 13.7. The summed E-state index contributed by atoms with van der Waals surface area (Å²) in [5.74, 6) is -4.99. The number of Topliss-reactive ketones (excluding diaryl/α,β-unsaturated/α-hetero) is 1. The van der Waals surface area contributed by atoms with Gasteiger partial charge in [0.25, 0.3) is 0 Å². The number of fused-ring (bicyclic) bond motifs is 1. The van der Waals surface area contributed by atoms with Crippen LogP contribution in [0.3, 0.4) is 0 Å². The number of ether oxygens (including phenoxy) is 6. The minimum atomic E-state index is -1.76. The molecule has 5 rings (SSSR count). The molecule has 3 saturated heterocycles. The molecule has 3 fully saturated rings. The van der Waals surface area contributed by atoms with Gasteiger partial charge in [-0.1, -0.05) is 64.1 Å². The molecule has 0 spiro atoms. The minimum Gasteiger partial charge on any atom is -0.458 e. The molecule has 370 valence electrons. The Morgan fingerprint density at radius 2 is 1.69 bits per heavy atom. The lowest BCUT2D eigenvalue weighted by molar-refractivity contribution is -0.298. The number of aliphatic hydroxyl groups is 1. The highest BCUT2D eigenvalue weighted by atomic mass is 16.7. The van der Waals surface area contributed by atoms with Crippen LogP contribution in [0.25, 0.3) is 17.3 Å². The largest absolute Gasteiger partial charge is 0.458 e. The molecular weight excluding hydrogens is 865 g/mol. The summed E-state index contributed by atoms with van der Waals surface area (Å²) in [6.07, 6.45) is -3.08. The van der Waals surface area contributed by atoms with Gasteiger partial charge in [0.1, 0.15) is 35.8 Å².